The zero-order valence-corrected chi connectivity index (χ0v) is 13.3. The van der Waals surface area contributed by atoms with Gasteiger partial charge in [0.15, 0.2) is 0 Å². The predicted octanol–water partition coefficient (Wildman–Crippen LogP) is 4.48. The third-order valence-corrected chi connectivity index (χ3v) is 4.01. The summed E-state index contributed by atoms with van der Waals surface area (Å²) in [5.74, 6) is 1.02. The van der Waals surface area contributed by atoms with Crippen molar-refractivity contribution >= 4 is 5.95 Å². The molecule has 3 heteroatoms. The Bertz CT molecular complexity index is 413. The van der Waals surface area contributed by atoms with Crippen molar-refractivity contribution in [3.05, 3.63) is 12.4 Å². The molecule has 3 nitrogen and oxygen atoms in total. The van der Waals surface area contributed by atoms with Crippen LogP contribution < -0.4 is 5.32 Å². The monoisotopic (exact) mass is 263 g/mol. The SMILES string of the molecule is CC(C)Nc1nccn1C1CC(C)(C)CC(C)(C)C1. The number of nitrogens with one attached hydrogen (secondary N) is 1. The maximum Gasteiger partial charge on any atom is 0.203 e. The van der Waals surface area contributed by atoms with E-state index in [0.29, 0.717) is 22.9 Å². The van der Waals surface area contributed by atoms with Gasteiger partial charge >= 0.3 is 0 Å². The zero-order chi connectivity index (χ0) is 14.3. The molecule has 0 radical (unpaired) electrons. The van der Waals surface area contributed by atoms with E-state index in [1.165, 1.54) is 19.3 Å². The molecule has 0 saturated heterocycles. The maximum atomic E-state index is 4.48. The molecule has 108 valence electrons. The van der Waals surface area contributed by atoms with E-state index in [9.17, 15) is 0 Å². The van der Waals surface area contributed by atoms with Gasteiger partial charge in [0.1, 0.15) is 0 Å². The molecule has 1 saturated carbocycles. The Hall–Kier alpha value is -0.990. The van der Waals surface area contributed by atoms with E-state index < -0.39 is 0 Å². The van der Waals surface area contributed by atoms with Gasteiger partial charge in [0, 0.05) is 24.5 Å². The summed E-state index contributed by atoms with van der Waals surface area (Å²) in [5, 5.41) is 3.46. The van der Waals surface area contributed by atoms with Crippen LogP contribution in [0.1, 0.15) is 66.8 Å². The standard InChI is InChI=1S/C16H29N3/c1-12(2)18-14-17-7-8-19(14)13-9-15(3,4)11-16(5,6)10-13/h7-8,12-13H,9-11H2,1-6H3,(H,17,18). The van der Waals surface area contributed by atoms with Crippen molar-refractivity contribution in [2.24, 2.45) is 10.8 Å². The minimum Gasteiger partial charge on any atom is -0.353 e. The Labute approximate surface area is 117 Å². The highest BCUT2D eigenvalue weighted by Crippen LogP contribution is 2.50. The number of rotatable bonds is 3. The van der Waals surface area contributed by atoms with Crippen LogP contribution in [0.3, 0.4) is 0 Å². The highest BCUT2D eigenvalue weighted by Gasteiger charge is 2.39. The van der Waals surface area contributed by atoms with E-state index in [-0.39, 0.29) is 0 Å². The number of nitrogens with zero attached hydrogens (tertiary/aromatic N) is 2. The van der Waals surface area contributed by atoms with Gasteiger partial charge in [0.05, 0.1) is 0 Å². The van der Waals surface area contributed by atoms with E-state index in [1.807, 2.05) is 6.20 Å². The molecule has 19 heavy (non-hydrogen) atoms. The van der Waals surface area contributed by atoms with E-state index in [4.69, 9.17) is 0 Å². The highest BCUT2D eigenvalue weighted by atomic mass is 15.2. The zero-order valence-electron chi connectivity index (χ0n) is 13.3. The number of anilines is 1. The van der Waals surface area contributed by atoms with E-state index in [2.05, 4.69) is 62.6 Å². The Morgan fingerprint density at radius 2 is 1.79 bits per heavy atom. The van der Waals surface area contributed by atoms with Crippen molar-refractivity contribution < 1.29 is 0 Å². The van der Waals surface area contributed by atoms with Gasteiger partial charge in [-0.25, -0.2) is 4.98 Å². The molecule has 1 N–H and O–H groups in total. The molecule has 1 heterocycles. The first-order valence-electron chi connectivity index (χ1n) is 7.48. The normalized spacial score (nSPS) is 22.7. The Morgan fingerprint density at radius 1 is 1.21 bits per heavy atom. The van der Waals surface area contributed by atoms with Crippen molar-refractivity contribution in [2.75, 3.05) is 5.32 Å². The van der Waals surface area contributed by atoms with Crippen molar-refractivity contribution in [3.8, 4) is 0 Å². The van der Waals surface area contributed by atoms with Gasteiger partial charge in [0.2, 0.25) is 5.95 Å². The molecule has 0 spiro atoms. The van der Waals surface area contributed by atoms with Crippen LogP contribution in [-0.2, 0) is 0 Å². The van der Waals surface area contributed by atoms with Crippen molar-refractivity contribution in [3.63, 3.8) is 0 Å². The fraction of sp³-hybridized carbons (Fsp3) is 0.812. The summed E-state index contributed by atoms with van der Waals surface area (Å²) in [6.45, 7) is 13.9. The lowest BCUT2D eigenvalue weighted by Crippen LogP contribution is -2.35. The summed E-state index contributed by atoms with van der Waals surface area (Å²) >= 11 is 0. The summed E-state index contributed by atoms with van der Waals surface area (Å²) < 4.78 is 2.35. The summed E-state index contributed by atoms with van der Waals surface area (Å²) in [6.07, 6.45) is 7.82. The summed E-state index contributed by atoms with van der Waals surface area (Å²) in [7, 11) is 0. The summed E-state index contributed by atoms with van der Waals surface area (Å²) in [4.78, 5) is 4.48. The number of hydrogen-bond acceptors (Lipinski definition) is 2. The molecule has 0 aromatic carbocycles. The molecular formula is C16H29N3. The molecule has 0 atom stereocenters. The smallest absolute Gasteiger partial charge is 0.203 e. The maximum absolute atomic E-state index is 4.48. The third kappa shape index (κ3) is 3.52. The van der Waals surface area contributed by atoms with Crippen LogP contribution in [-0.4, -0.2) is 15.6 Å². The van der Waals surface area contributed by atoms with Crippen LogP contribution in [0.2, 0.25) is 0 Å². The average Bonchev–Trinajstić information content (AvgIpc) is 2.59. The van der Waals surface area contributed by atoms with Crippen LogP contribution >= 0.6 is 0 Å². The molecule has 0 unspecified atom stereocenters. The average molecular weight is 263 g/mol. The number of hydrogen-bond donors (Lipinski definition) is 1. The molecule has 1 aliphatic carbocycles. The van der Waals surface area contributed by atoms with Gasteiger partial charge < -0.3 is 9.88 Å². The lowest BCUT2D eigenvalue weighted by Gasteiger charge is -2.45. The second-order valence-corrected chi connectivity index (χ2v) is 8.02. The highest BCUT2D eigenvalue weighted by molar-refractivity contribution is 5.28. The van der Waals surface area contributed by atoms with Gasteiger partial charge in [-0.05, 0) is 43.9 Å². The third-order valence-electron chi connectivity index (χ3n) is 4.01. The van der Waals surface area contributed by atoms with Gasteiger partial charge in [-0.3, -0.25) is 0 Å². The van der Waals surface area contributed by atoms with Crippen LogP contribution in [0.4, 0.5) is 5.95 Å². The molecule has 2 rings (SSSR count). The van der Waals surface area contributed by atoms with Gasteiger partial charge in [-0.1, -0.05) is 27.7 Å². The molecule has 1 aliphatic rings. The number of imidazole rings is 1. The van der Waals surface area contributed by atoms with Crippen LogP contribution in [0.5, 0.6) is 0 Å². The lowest BCUT2D eigenvalue weighted by atomic mass is 9.63. The first-order chi connectivity index (χ1) is 8.69. The van der Waals surface area contributed by atoms with Crippen molar-refractivity contribution in [2.45, 2.75) is 72.9 Å². The lowest BCUT2D eigenvalue weighted by molar-refractivity contribution is 0.0730. The first kappa shape index (κ1) is 14.4. The molecule has 1 aromatic rings. The van der Waals surface area contributed by atoms with Gasteiger partial charge in [-0.15, -0.1) is 0 Å². The number of aromatic nitrogens is 2. The Morgan fingerprint density at radius 3 is 2.32 bits per heavy atom. The largest absolute Gasteiger partial charge is 0.353 e. The molecule has 0 amide bonds. The topological polar surface area (TPSA) is 29.9 Å². The molecule has 1 fully saturated rings. The van der Waals surface area contributed by atoms with Crippen LogP contribution in [0, 0.1) is 10.8 Å². The summed E-state index contributed by atoms with van der Waals surface area (Å²) in [6, 6.07) is 0.980. The fourth-order valence-electron chi connectivity index (χ4n) is 3.96. The minimum atomic E-state index is 0.409. The minimum absolute atomic E-state index is 0.409. The molecule has 0 aliphatic heterocycles. The molecule has 0 bridgehead atoms. The van der Waals surface area contributed by atoms with E-state index >= 15 is 0 Å². The fourth-order valence-corrected chi connectivity index (χ4v) is 3.96. The molecule has 1 aromatic heterocycles. The van der Waals surface area contributed by atoms with Crippen LogP contribution in [0.15, 0.2) is 12.4 Å². The Kier molecular flexibility index (Phi) is 3.67. The van der Waals surface area contributed by atoms with Crippen molar-refractivity contribution in [1.29, 1.82) is 0 Å². The summed E-state index contributed by atoms with van der Waals surface area (Å²) in [5.41, 5.74) is 0.817. The van der Waals surface area contributed by atoms with E-state index in [1.54, 1.807) is 0 Å². The van der Waals surface area contributed by atoms with Crippen molar-refractivity contribution in [1.82, 2.24) is 9.55 Å². The van der Waals surface area contributed by atoms with E-state index in [0.717, 1.165) is 5.95 Å². The second kappa shape index (κ2) is 4.84. The Balaban J connectivity index is 2.24. The van der Waals surface area contributed by atoms with Gasteiger partial charge in [-0.2, -0.15) is 0 Å². The van der Waals surface area contributed by atoms with Crippen LogP contribution in [0.25, 0.3) is 0 Å². The van der Waals surface area contributed by atoms with Gasteiger partial charge in [0.25, 0.3) is 0 Å². The second-order valence-electron chi connectivity index (χ2n) is 8.02. The first-order valence-corrected chi connectivity index (χ1v) is 7.48. The predicted molar refractivity (Wildman–Crippen MR) is 81.4 cm³/mol. The molecular weight excluding hydrogens is 234 g/mol. The quantitative estimate of drug-likeness (QED) is 0.871.